The molecule has 2 amide bonds. The van der Waals surface area contributed by atoms with Crippen LogP contribution >= 0.6 is 0 Å². The first-order chi connectivity index (χ1) is 9.69. The van der Waals surface area contributed by atoms with E-state index >= 15 is 0 Å². The van der Waals surface area contributed by atoms with Crippen molar-refractivity contribution in [3.05, 3.63) is 23.8 Å². The second-order valence-electron chi connectivity index (χ2n) is 4.66. The Hall–Kier alpha value is -1.95. The highest BCUT2D eigenvalue weighted by Gasteiger charge is 2.12. The summed E-state index contributed by atoms with van der Waals surface area (Å²) in [5.74, 6) is 1.47. The van der Waals surface area contributed by atoms with E-state index < -0.39 is 0 Å². The van der Waals surface area contributed by atoms with E-state index in [4.69, 9.17) is 14.2 Å². The second kappa shape index (κ2) is 7.00. The van der Waals surface area contributed by atoms with E-state index in [-0.39, 0.29) is 12.1 Å². The van der Waals surface area contributed by atoms with E-state index in [2.05, 4.69) is 10.6 Å². The Morgan fingerprint density at radius 2 is 2.10 bits per heavy atom. The first-order valence-corrected chi connectivity index (χ1v) is 6.61. The predicted molar refractivity (Wildman–Crippen MR) is 74.1 cm³/mol. The van der Waals surface area contributed by atoms with Gasteiger partial charge in [-0.3, -0.25) is 0 Å². The smallest absolute Gasteiger partial charge is 0.315 e. The molecule has 1 aliphatic heterocycles. The van der Waals surface area contributed by atoms with Gasteiger partial charge < -0.3 is 24.8 Å². The Balaban J connectivity index is 1.83. The van der Waals surface area contributed by atoms with Crippen molar-refractivity contribution in [3.8, 4) is 11.5 Å². The zero-order chi connectivity index (χ0) is 14.4. The summed E-state index contributed by atoms with van der Waals surface area (Å²) in [6.45, 7) is 3.93. The molecule has 1 aromatic carbocycles. The van der Waals surface area contributed by atoms with Crippen LogP contribution in [0.3, 0.4) is 0 Å². The number of rotatable bonds is 5. The molecule has 6 nitrogen and oxygen atoms in total. The SMILES string of the molecule is COC[C@@H](C)NC(=O)NCc1ccc2c(c1)OCCO2. The quantitative estimate of drug-likeness (QED) is 0.853. The molecule has 110 valence electrons. The van der Waals surface area contributed by atoms with Crippen molar-refractivity contribution in [3.63, 3.8) is 0 Å². The van der Waals surface area contributed by atoms with Gasteiger partial charge in [-0.2, -0.15) is 0 Å². The largest absolute Gasteiger partial charge is 0.486 e. The summed E-state index contributed by atoms with van der Waals surface area (Å²) in [6, 6.07) is 5.40. The normalized spacial score (nSPS) is 14.5. The third kappa shape index (κ3) is 4.03. The fourth-order valence-electron chi connectivity index (χ4n) is 1.95. The van der Waals surface area contributed by atoms with Gasteiger partial charge in [0.15, 0.2) is 11.5 Å². The number of ether oxygens (including phenoxy) is 3. The third-order valence-corrected chi connectivity index (χ3v) is 2.85. The van der Waals surface area contributed by atoms with Crippen LogP contribution in [-0.4, -0.2) is 39.0 Å². The van der Waals surface area contributed by atoms with Crippen molar-refractivity contribution in [2.75, 3.05) is 26.9 Å². The summed E-state index contributed by atoms with van der Waals surface area (Å²) in [4.78, 5) is 11.7. The maximum Gasteiger partial charge on any atom is 0.315 e. The molecule has 1 aromatic rings. The van der Waals surface area contributed by atoms with Gasteiger partial charge in [-0.05, 0) is 24.6 Å². The van der Waals surface area contributed by atoms with Gasteiger partial charge in [0.25, 0.3) is 0 Å². The Bertz CT molecular complexity index is 464. The van der Waals surface area contributed by atoms with E-state index in [1.807, 2.05) is 25.1 Å². The number of hydrogen-bond donors (Lipinski definition) is 2. The van der Waals surface area contributed by atoms with Gasteiger partial charge in [-0.15, -0.1) is 0 Å². The van der Waals surface area contributed by atoms with Gasteiger partial charge in [-0.1, -0.05) is 6.07 Å². The van der Waals surface area contributed by atoms with Crippen molar-refractivity contribution in [1.29, 1.82) is 0 Å². The molecule has 0 saturated heterocycles. The van der Waals surface area contributed by atoms with Crippen LogP contribution < -0.4 is 20.1 Å². The molecule has 0 saturated carbocycles. The molecule has 2 rings (SSSR count). The molecule has 6 heteroatoms. The summed E-state index contributed by atoms with van der Waals surface area (Å²) in [6.07, 6.45) is 0. The van der Waals surface area contributed by atoms with Gasteiger partial charge in [0.1, 0.15) is 13.2 Å². The number of hydrogen-bond acceptors (Lipinski definition) is 4. The average Bonchev–Trinajstić information content (AvgIpc) is 2.45. The molecule has 0 aliphatic carbocycles. The van der Waals surface area contributed by atoms with E-state index in [0.29, 0.717) is 26.4 Å². The fraction of sp³-hybridized carbons (Fsp3) is 0.500. The van der Waals surface area contributed by atoms with Crippen LogP contribution in [0.5, 0.6) is 11.5 Å². The van der Waals surface area contributed by atoms with Gasteiger partial charge in [0.05, 0.1) is 12.6 Å². The van der Waals surface area contributed by atoms with Crippen LogP contribution in [0.15, 0.2) is 18.2 Å². The lowest BCUT2D eigenvalue weighted by atomic mass is 10.2. The van der Waals surface area contributed by atoms with Crippen molar-refractivity contribution >= 4 is 6.03 Å². The van der Waals surface area contributed by atoms with E-state index in [9.17, 15) is 4.79 Å². The summed E-state index contributed by atoms with van der Waals surface area (Å²) < 4.78 is 15.9. The molecule has 0 radical (unpaired) electrons. The lowest BCUT2D eigenvalue weighted by molar-refractivity contribution is 0.170. The maximum absolute atomic E-state index is 11.7. The van der Waals surface area contributed by atoms with E-state index in [0.717, 1.165) is 17.1 Å². The zero-order valence-corrected chi connectivity index (χ0v) is 11.8. The van der Waals surface area contributed by atoms with E-state index in [1.54, 1.807) is 7.11 Å². The maximum atomic E-state index is 11.7. The molecular weight excluding hydrogens is 260 g/mol. The van der Waals surface area contributed by atoms with Crippen LogP contribution in [-0.2, 0) is 11.3 Å². The topological polar surface area (TPSA) is 68.8 Å². The molecule has 0 aromatic heterocycles. The number of fused-ring (bicyclic) bond motifs is 1. The molecule has 2 N–H and O–H groups in total. The minimum atomic E-state index is -0.218. The van der Waals surface area contributed by atoms with Gasteiger partial charge in [-0.25, -0.2) is 4.79 Å². The number of carbonyl (C=O) groups is 1. The summed E-state index contributed by atoms with van der Waals surface area (Å²) in [5, 5.41) is 5.58. The number of nitrogens with one attached hydrogen (secondary N) is 2. The molecule has 20 heavy (non-hydrogen) atoms. The van der Waals surface area contributed by atoms with Crippen LogP contribution in [0.2, 0.25) is 0 Å². The molecule has 0 unspecified atom stereocenters. The van der Waals surface area contributed by atoms with Crippen LogP contribution in [0.1, 0.15) is 12.5 Å². The first kappa shape index (κ1) is 14.5. The Labute approximate surface area is 118 Å². The Morgan fingerprint density at radius 1 is 1.35 bits per heavy atom. The highest BCUT2D eigenvalue weighted by Crippen LogP contribution is 2.30. The lowest BCUT2D eigenvalue weighted by Gasteiger charge is -2.19. The summed E-state index contributed by atoms with van der Waals surface area (Å²) >= 11 is 0. The predicted octanol–water partition coefficient (Wildman–Crippen LogP) is 1.29. The molecule has 0 bridgehead atoms. The molecule has 0 fully saturated rings. The van der Waals surface area contributed by atoms with Gasteiger partial charge in [0, 0.05) is 13.7 Å². The number of methoxy groups -OCH3 is 1. The van der Waals surface area contributed by atoms with Crippen LogP contribution in [0.4, 0.5) is 4.79 Å². The van der Waals surface area contributed by atoms with Crippen molar-refractivity contribution < 1.29 is 19.0 Å². The molecule has 1 aliphatic rings. The zero-order valence-electron chi connectivity index (χ0n) is 11.8. The molecule has 0 spiro atoms. The highest BCUT2D eigenvalue weighted by atomic mass is 16.6. The minimum absolute atomic E-state index is 0.0275. The van der Waals surface area contributed by atoms with Gasteiger partial charge in [0.2, 0.25) is 0 Å². The molecule has 1 atom stereocenters. The minimum Gasteiger partial charge on any atom is -0.486 e. The van der Waals surface area contributed by atoms with Crippen molar-refractivity contribution in [1.82, 2.24) is 10.6 Å². The first-order valence-electron chi connectivity index (χ1n) is 6.61. The second-order valence-corrected chi connectivity index (χ2v) is 4.66. The Kier molecular flexibility index (Phi) is 5.06. The summed E-state index contributed by atoms with van der Waals surface area (Å²) in [5.41, 5.74) is 0.962. The number of benzene rings is 1. The van der Waals surface area contributed by atoms with Crippen LogP contribution in [0.25, 0.3) is 0 Å². The van der Waals surface area contributed by atoms with Crippen molar-refractivity contribution in [2.24, 2.45) is 0 Å². The van der Waals surface area contributed by atoms with Crippen molar-refractivity contribution in [2.45, 2.75) is 19.5 Å². The highest BCUT2D eigenvalue weighted by molar-refractivity contribution is 5.74. The molecule has 1 heterocycles. The standard InChI is InChI=1S/C14H20N2O4/c1-10(9-18-2)16-14(17)15-8-11-3-4-12-13(7-11)20-6-5-19-12/h3-4,7,10H,5-6,8-9H2,1-2H3,(H2,15,16,17)/t10-/m1/s1. The van der Waals surface area contributed by atoms with Crippen LogP contribution in [0, 0.1) is 0 Å². The number of urea groups is 1. The number of amides is 2. The Morgan fingerprint density at radius 3 is 2.85 bits per heavy atom. The number of carbonyl (C=O) groups excluding carboxylic acids is 1. The average molecular weight is 280 g/mol. The lowest BCUT2D eigenvalue weighted by Crippen LogP contribution is -2.42. The monoisotopic (exact) mass is 280 g/mol. The molecular formula is C14H20N2O4. The summed E-state index contributed by atoms with van der Waals surface area (Å²) in [7, 11) is 1.60. The van der Waals surface area contributed by atoms with Gasteiger partial charge >= 0.3 is 6.03 Å². The van der Waals surface area contributed by atoms with E-state index in [1.165, 1.54) is 0 Å². The fourth-order valence-corrected chi connectivity index (χ4v) is 1.95. The third-order valence-electron chi connectivity index (χ3n) is 2.85.